The van der Waals surface area contributed by atoms with Gasteiger partial charge in [-0.05, 0) is 6.92 Å². The van der Waals surface area contributed by atoms with Crippen molar-refractivity contribution >= 4 is 11.7 Å². The molecule has 0 aliphatic heterocycles. The number of carboxylic acids is 1. The third-order valence-corrected chi connectivity index (χ3v) is 1.42. The number of aryl methyl sites for hydroxylation is 1. The number of non-ortho nitro benzene ring substituents is 1. The molecule has 15 heavy (non-hydrogen) atoms. The topological polar surface area (TPSA) is 106 Å². The van der Waals surface area contributed by atoms with Crippen molar-refractivity contribution in [3.8, 4) is 0 Å². The summed E-state index contributed by atoms with van der Waals surface area (Å²) in [6, 6.07) is 6.43. The summed E-state index contributed by atoms with van der Waals surface area (Å²) >= 11 is 0. The van der Waals surface area contributed by atoms with Crippen molar-refractivity contribution in [1.82, 2.24) is 0 Å². The molecule has 1 aromatic rings. The predicted octanol–water partition coefficient (Wildman–Crippen LogP) is 0.933. The summed E-state index contributed by atoms with van der Waals surface area (Å²) in [7, 11) is 0. The molecule has 1 aromatic carbocycles. The summed E-state index contributed by atoms with van der Waals surface area (Å²) in [5.41, 5.74) is 5.75. The van der Waals surface area contributed by atoms with Crippen LogP contribution < -0.4 is 5.73 Å². The van der Waals surface area contributed by atoms with Crippen molar-refractivity contribution in [1.29, 1.82) is 0 Å². The van der Waals surface area contributed by atoms with Gasteiger partial charge in [0, 0.05) is 12.1 Å². The van der Waals surface area contributed by atoms with Gasteiger partial charge in [0.1, 0.15) is 0 Å². The summed E-state index contributed by atoms with van der Waals surface area (Å²) < 4.78 is 0. The maximum absolute atomic E-state index is 10.1. The standard InChI is InChI=1S/C7H7NO2.C2H5NO2/c1-6-2-4-7(5-3-6)8(9)10;3-1-2(4)5/h2-5H,1H3;1,3H2,(H,4,5). The Hall–Kier alpha value is -1.95. The number of nitro benzene ring substituents is 1. The second kappa shape index (κ2) is 6.50. The van der Waals surface area contributed by atoms with Gasteiger partial charge in [-0.25, -0.2) is 0 Å². The zero-order valence-corrected chi connectivity index (χ0v) is 8.21. The highest BCUT2D eigenvalue weighted by Gasteiger charge is 2.00. The van der Waals surface area contributed by atoms with Gasteiger partial charge in [0.15, 0.2) is 0 Å². The number of carboxylic acid groups (broad SMARTS) is 1. The number of nitrogens with zero attached hydrogens (tertiary/aromatic N) is 1. The number of carbonyl (C=O) groups is 1. The lowest BCUT2D eigenvalue weighted by molar-refractivity contribution is -0.384. The normalized spacial score (nSPS) is 8.67. The SMILES string of the molecule is Cc1ccc([N+](=O)[O-])cc1.NCC(=O)O. The molecule has 0 aromatic heterocycles. The molecule has 6 heteroatoms. The first kappa shape index (κ1) is 13.1. The first-order valence-corrected chi connectivity index (χ1v) is 4.10. The average Bonchev–Trinajstić information content (AvgIpc) is 2.19. The number of hydrogen-bond acceptors (Lipinski definition) is 4. The van der Waals surface area contributed by atoms with Crippen LogP contribution in [0.5, 0.6) is 0 Å². The molecular formula is C9H12N2O4. The Morgan fingerprint density at radius 1 is 1.47 bits per heavy atom. The Morgan fingerprint density at radius 3 is 2.13 bits per heavy atom. The van der Waals surface area contributed by atoms with Gasteiger partial charge in [-0.1, -0.05) is 17.7 Å². The van der Waals surface area contributed by atoms with E-state index in [2.05, 4.69) is 5.73 Å². The Bertz CT molecular complexity index is 334. The fraction of sp³-hybridized carbons (Fsp3) is 0.222. The van der Waals surface area contributed by atoms with E-state index in [9.17, 15) is 14.9 Å². The van der Waals surface area contributed by atoms with Crippen molar-refractivity contribution in [2.75, 3.05) is 6.54 Å². The molecule has 3 N–H and O–H groups in total. The molecule has 0 fully saturated rings. The molecule has 0 atom stereocenters. The molecule has 6 nitrogen and oxygen atoms in total. The highest BCUT2D eigenvalue weighted by Crippen LogP contribution is 2.10. The summed E-state index contributed by atoms with van der Waals surface area (Å²) in [4.78, 5) is 19.0. The van der Waals surface area contributed by atoms with Crippen LogP contribution in [0.2, 0.25) is 0 Å². The van der Waals surface area contributed by atoms with E-state index in [4.69, 9.17) is 5.11 Å². The van der Waals surface area contributed by atoms with E-state index in [0.717, 1.165) is 5.56 Å². The smallest absolute Gasteiger partial charge is 0.317 e. The minimum Gasteiger partial charge on any atom is -0.480 e. The average molecular weight is 212 g/mol. The molecule has 0 saturated carbocycles. The van der Waals surface area contributed by atoms with E-state index in [1.807, 2.05) is 6.92 Å². The lowest BCUT2D eigenvalue weighted by Gasteiger charge is -1.90. The van der Waals surface area contributed by atoms with Gasteiger partial charge >= 0.3 is 5.97 Å². The van der Waals surface area contributed by atoms with E-state index < -0.39 is 10.9 Å². The van der Waals surface area contributed by atoms with Gasteiger partial charge in [0.2, 0.25) is 0 Å². The molecule has 0 unspecified atom stereocenters. The number of nitrogens with two attached hydrogens (primary N) is 1. The second-order valence-electron chi connectivity index (χ2n) is 2.69. The second-order valence-corrected chi connectivity index (χ2v) is 2.69. The number of benzene rings is 1. The van der Waals surface area contributed by atoms with Crippen molar-refractivity contribution < 1.29 is 14.8 Å². The van der Waals surface area contributed by atoms with Crippen LogP contribution in [0.1, 0.15) is 5.56 Å². The zero-order chi connectivity index (χ0) is 11.8. The van der Waals surface area contributed by atoms with Crippen LogP contribution in [0.3, 0.4) is 0 Å². The maximum atomic E-state index is 10.1. The van der Waals surface area contributed by atoms with Crippen molar-refractivity contribution in [2.45, 2.75) is 6.92 Å². The summed E-state index contributed by atoms with van der Waals surface area (Å²) in [6.45, 7) is 1.61. The number of hydrogen-bond donors (Lipinski definition) is 2. The van der Waals surface area contributed by atoms with E-state index in [1.54, 1.807) is 12.1 Å². The Kier molecular flexibility index (Phi) is 5.65. The summed E-state index contributed by atoms with van der Waals surface area (Å²) in [5, 5.41) is 17.7. The molecule has 0 aliphatic carbocycles. The van der Waals surface area contributed by atoms with E-state index in [1.165, 1.54) is 12.1 Å². The fourth-order valence-corrected chi connectivity index (χ4v) is 0.666. The highest BCUT2D eigenvalue weighted by molar-refractivity contribution is 5.68. The zero-order valence-electron chi connectivity index (χ0n) is 8.21. The molecule has 0 heterocycles. The van der Waals surface area contributed by atoms with Crippen molar-refractivity contribution in [3.05, 3.63) is 39.9 Å². The van der Waals surface area contributed by atoms with Gasteiger partial charge in [-0.15, -0.1) is 0 Å². The minimum absolute atomic E-state index is 0.144. The van der Waals surface area contributed by atoms with E-state index in [0.29, 0.717) is 0 Å². The molecule has 0 spiro atoms. The molecule has 0 radical (unpaired) electrons. The lowest BCUT2D eigenvalue weighted by atomic mass is 10.2. The van der Waals surface area contributed by atoms with E-state index in [-0.39, 0.29) is 12.2 Å². The van der Waals surface area contributed by atoms with E-state index >= 15 is 0 Å². The van der Waals surface area contributed by atoms with Gasteiger partial charge in [-0.3, -0.25) is 14.9 Å². The number of aliphatic carboxylic acids is 1. The van der Waals surface area contributed by atoms with Crippen LogP contribution in [0, 0.1) is 17.0 Å². The monoisotopic (exact) mass is 212 g/mol. The van der Waals surface area contributed by atoms with Crippen LogP contribution in [-0.4, -0.2) is 22.5 Å². The lowest BCUT2D eigenvalue weighted by Crippen LogP contribution is -2.10. The highest BCUT2D eigenvalue weighted by atomic mass is 16.6. The van der Waals surface area contributed by atoms with Crippen LogP contribution >= 0.6 is 0 Å². The fourth-order valence-electron chi connectivity index (χ4n) is 0.666. The Balaban J connectivity index is 0.000000336. The van der Waals surface area contributed by atoms with Gasteiger partial charge in [0.25, 0.3) is 5.69 Å². The van der Waals surface area contributed by atoms with Gasteiger partial charge < -0.3 is 10.8 Å². The van der Waals surface area contributed by atoms with Crippen LogP contribution in [0.4, 0.5) is 5.69 Å². The van der Waals surface area contributed by atoms with Gasteiger partial charge in [0.05, 0.1) is 11.5 Å². The minimum atomic E-state index is -0.968. The van der Waals surface area contributed by atoms with Crippen LogP contribution in [-0.2, 0) is 4.79 Å². The molecule has 1 rings (SSSR count). The maximum Gasteiger partial charge on any atom is 0.317 e. The summed E-state index contributed by atoms with van der Waals surface area (Å²) in [5.74, 6) is -0.968. The van der Waals surface area contributed by atoms with Crippen LogP contribution in [0.25, 0.3) is 0 Å². The first-order chi connectivity index (χ1) is 6.97. The Labute approximate surface area is 86.5 Å². The molecule has 0 bridgehead atoms. The Morgan fingerprint density at radius 2 is 1.87 bits per heavy atom. The first-order valence-electron chi connectivity index (χ1n) is 4.10. The van der Waals surface area contributed by atoms with Crippen molar-refractivity contribution in [3.63, 3.8) is 0 Å². The molecular weight excluding hydrogens is 200 g/mol. The number of nitro groups is 1. The number of rotatable bonds is 2. The molecule has 0 aliphatic rings. The van der Waals surface area contributed by atoms with Gasteiger partial charge in [-0.2, -0.15) is 0 Å². The molecule has 0 amide bonds. The third-order valence-electron chi connectivity index (χ3n) is 1.42. The largest absolute Gasteiger partial charge is 0.480 e. The quantitative estimate of drug-likeness (QED) is 0.560. The molecule has 82 valence electrons. The van der Waals surface area contributed by atoms with Crippen LogP contribution in [0.15, 0.2) is 24.3 Å². The molecule has 0 saturated heterocycles. The third kappa shape index (κ3) is 6.17. The summed E-state index contributed by atoms with van der Waals surface area (Å²) in [6.07, 6.45) is 0. The van der Waals surface area contributed by atoms with Crippen molar-refractivity contribution in [2.24, 2.45) is 5.73 Å². The predicted molar refractivity (Wildman–Crippen MR) is 54.5 cm³/mol.